The average molecular weight is 249 g/mol. The summed E-state index contributed by atoms with van der Waals surface area (Å²) in [7, 11) is 1.59. The molecule has 0 bridgehead atoms. The molecule has 2 N–H and O–H groups in total. The highest BCUT2D eigenvalue weighted by Crippen LogP contribution is 2.15. The number of hydrogen-bond acceptors (Lipinski definition) is 6. The second kappa shape index (κ2) is 5.50. The summed E-state index contributed by atoms with van der Waals surface area (Å²) < 4.78 is 10.2. The van der Waals surface area contributed by atoms with E-state index in [2.05, 4.69) is 15.5 Å². The summed E-state index contributed by atoms with van der Waals surface area (Å²) in [5.41, 5.74) is 0.868. The highest BCUT2D eigenvalue weighted by atomic mass is 16.5. The molecule has 0 aliphatic heterocycles. The Morgan fingerprint density at radius 2 is 2.11 bits per heavy atom. The van der Waals surface area contributed by atoms with Crippen molar-refractivity contribution in [1.29, 1.82) is 0 Å². The molecular weight excluding hydrogens is 234 g/mol. The van der Waals surface area contributed by atoms with Crippen LogP contribution in [0.4, 0.5) is 5.69 Å². The third-order valence-electron chi connectivity index (χ3n) is 2.51. The molecule has 0 amide bonds. The molecule has 6 nitrogen and oxygen atoms in total. The van der Waals surface area contributed by atoms with Gasteiger partial charge in [0, 0.05) is 12.8 Å². The average Bonchev–Trinajstić information content (AvgIpc) is 2.86. The number of methoxy groups -OCH3 is 1. The molecule has 1 heterocycles. The molecule has 2 rings (SSSR count). The molecule has 0 saturated heterocycles. The van der Waals surface area contributed by atoms with Crippen LogP contribution in [0, 0.1) is 0 Å². The fourth-order valence-electron chi connectivity index (χ4n) is 1.37. The maximum atomic E-state index is 9.15. The van der Waals surface area contributed by atoms with Crippen LogP contribution in [0.25, 0.3) is 0 Å². The Bertz CT molecular complexity index is 496. The lowest BCUT2D eigenvalue weighted by atomic mass is 10.3. The molecule has 0 saturated carbocycles. The van der Waals surface area contributed by atoms with Gasteiger partial charge in [-0.3, -0.25) is 0 Å². The minimum atomic E-state index is -0.184. The van der Waals surface area contributed by atoms with Crippen LogP contribution in [-0.2, 0) is 11.3 Å². The second-order valence-electron chi connectivity index (χ2n) is 3.82. The SMILES string of the molecule is COC(C)c1noc(CNc2ccc(O)cc2)n1. The lowest BCUT2D eigenvalue weighted by molar-refractivity contribution is 0.109. The van der Waals surface area contributed by atoms with Gasteiger partial charge in [-0.15, -0.1) is 0 Å². The van der Waals surface area contributed by atoms with Crippen molar-refractivity contribution in [3.05, 3.63) is 36.0 Å². The molecule has 18 heavy (non-hydrogen) atoms. The smallest absolute Gasteiger partial charge is 0.246 e. The van der Waals surface area contributed by atoms with Crippen molar-refractivity contribution in [2.45, 2.75) is 19.6 Å². The maximum absolute atomic E-state index is 9.15. The second-order valence-corrected chi connectivity index (χ2v) is 3.82. The first-order valence-electron chi connectivity index (χ1n) is 5.57. The van der Waals surface area contributed by atoms with Crippen LogP contribution >= 0.6 is 0 Å². The number of ether oxygens (including phenoxy) is 1. The molecule has 0 fully saturated rings. The fraction of sp³-hybridized carbons (Fsp3) is 0.333. The zero-order valence-corrected chi connectivity index (χ0v) is 10.3. The molecule has 96 valence electrons. The van der Waals surface area contributed by atoms with Gasteiger partial charge in [-0.25, -0.2) is 0 Å². The number of nitrogens with zero attached hydrogens (tertiary/aromatic N) is 2. The van der Waals surface area contributed by atoms with E-state index in [0.717, 1.165) is 5.69 Å². The van der Waals surface area contributed by atoms with Crippen molar-refractivity contribution in [3.63, 3.8) is 0 Å². The van der Waals surface area contributed by atoms with E-state index in [1.807, 2.05) is 6.92 Å². The fourth-order valence-corrected chi connectivity index (χ4v) is 1.37. The first-order chi connectivity index (χ1) is 8.69. The summed E-state index contributed by atoms with van der Waals surface area (Å²) in [5.74, 6) is 1.25. The van der Waals surface area contributed by atoms with E-state index in [1.165, 1.54) is 0 Å². The Hall–Kier alpha value is -2.08. The Balaban J connectivity index is 1.94. The summed E-state index contributed by atoms with van der Waals surface area (Å²) in [4.78, 5) is 4.20. The van der Waals surface area contributed by atoms with Gasteiger partial charge >= 0.3 is 0 Å². The molecular formula is C12H15N3O3. The third-order valence-corrected chi connectivity index (χ3v) is 2.51. The van der Waals surface area contributed by atoms with Crippen LogP contribution < -0.4 is 5.32 Å². The van der Waals surface area contributed by atoms with Crippen molar-refractivity contribution >= 4 is 5.69 Å². The molecule has 6 heteroatoms. The standard InChI is InChI=1S/C12H15N3O3/c1-8(17-2)12-14-11(18-15-12)7-13-9-3-5-10(16)6-4-9/h3-6,8,13,16H,7H2,1-2H3. The predicted molar refractivity (Wildman–Crippen MR) is 65.2 cm³/mol. The number of phenolic OH excluding ortho intramolecular Hbond substituents is 1. The minimum absolute atomic E-state index is 0.184. The van der Waals surface area contributed by atoms with Gasteiger partial charge in [0.15, 0.2) is 5.82 Å². The summed E-state index contributed by atoms with van der Waals surface area (Å²) in [5, 5.41) is 16.1. The van der Waals surface area contributed by atoms with E-state index >= 15 is 0 Å². The highest BCUT2D eigenvalue weighted by Gasteiger charge is 2.12. The number of aromatic nitrogens is 2. The number of anilines is 1. The van der Waals surface area contributed by atoms with Crippen molar-refractivity contribution < 1.29 is 14.4 Å². The molecule has 1 aromatic carbocycles. The van der Waals surface area contributed by atoms with Gasteiger partial charge < -0.3 is 19.7 Å². The number of hydrogen-bond donors (Lipinski definition) is 2. The molecule has 1 unspecified atom stereocenters. The normalized spacial score (nSPS) is 12.3. The van der Waals surface area contributed by atoms with Crippen molar-refractivity contribution in [2.75, 3.05) is 12.4 Å². The Labute approximate surface area is 105 Å². The van der Waals surface area contributed by atoms with Gasteiger partial charge in [-0.2, -0.15) is 4.98 Å². The lowest BCUT2D eigenvalue weighted by Gasteiger charge is -2.03. The molecule has 0 aliphatic rings. The number of phenols is 1. The van der Waals surface area contributed by atoms with Gasteiger partial charge in [0.1, 0.15) is 11.9 Å². The summed E-state index contributed by atoms with van der Waals surface area (Å²) in [6, 6.07) is 6.75. The molecule has 0 aliphatic carbocycles. The van der Waals surface area contributed by atoms with Gasteiger partial charge in [-0.05, 0) is 31.2 Å². The van der Waals surface area contributed by atoms with Crippen molar-refractivity contribution in [2.24, 2.45) is 0 Å². The molecule has 0 spiro atoms. The van der Waals surface area contributed by atoms with Crippen LogP contribution in [0.3, 0.4) is 0 Å². The monoisotopic (exact) mass is 249 g/mol. The molecule has 1 aromatic heterocycles. The summed E-state index contributed by atoms with van der Waals surface area (Å²) >= 11 is 0. The van der Waals surface area contributed by atoms with Gasteiger partial charge in [0.25, 0.3) is 0 Å². The third kappa shape index (κ3) is 2.98. The topological polar surface area (TPSA) is 80.4 Å². The summed E-state index contributed by atoms with van der Waals surface area (Å²) in [6.07, 6.45) is -0.184. The summed E-state index contributed by atoms with van der Waals surface area (Å²) in [6.45, 7) is 2.27. The van der Waals surface area contributed by atoms with Crippen LogP contribution in [0.2, 0.25) is 0 Å². The zero-order chi connectivity index (χ0) is 13.0. The Morgan fingerprint density at radius 3 is 2.78 bits per heavy atom. The van der Waals surface area contributed by atoms with E-state index in [0.29, 0.717) is 18.3 Å². The van der Waals surface area contributed by atoms with Gasteiger partial charge in [0.2, 0.25) is 5.89 Å². The number of nitrogens with one attached hydrogen (secondary N) is 1. The minimum Gasteiger partial charge on any atom is -0.508 e. The predicted octanol–water partition coefficient (Wildman–Crippen LogP) is 2.09. The number of rotatable bonds is 5. The lowest BCUT2D eigenvalue weighted by Crippen LogP contribution is -2.01. The maximum Gasteiger partial charge on any atom is 0.246 e. The van der Waals surface area contributed by atoms with Gasteiger partial charge in [0.05, 0.1) is 6.54 Å². The van der Waals surface area contributed by atoms with Crippen molar-refractivity contribution in [1.82, 2.24) is 10.1 Å². The largest absolute Gasteiger partial charge is 0.508 e. The van der Waals surface area contributed by atoms with Crippen LogP contribution in [0.1, 0.15) is 24.7 Å². The van der Waals surface area contributed by atoms with E-state index in [-0.39, 0.29) is 11.9 Å². The zero-order valence-electron chi connectivity index (χ0n) is 10.3. The first-order valence-corrected chi connectivity index (χ1v) is 5.57. The molecule has 0 radical (unpaired) electrons. The molecule has 2 aromatic rings. The van der Waals surface area contributed by atoms with E-state index in [1.54, 1.807) is 31.4 Å². The Kier molecular flexibility index (Phi) is 3.78. The van der Waals surface area contributed by atoms with Crippen LogP contribution in [-0.4, -0.2) is 22.4 Å². The Morgan fingerprint density at radius 1 is 1.39 bits per heavy atom. The van der Waals surface area contributed by atoms with Crippen molar-refractivity contribution in [3.8, 4) is 5.75 Å². The number of benzene rings is 1. The van der Waals surface area contributed by atoms with E-state index in [9.17, 15) is 0 Å². The number of aromatic hydroxyl groups is 1. The quantitative estimate of drug-likeness (QED) is 0.790. The van der Waals surface area contributed by atoms with Crippen LogP contribution in [0.15, 0.2) is 28.8 Å². The van der Waals surface area contributed by atoms with E-state index in [4.69, 9.17) is 14.4 Å². The highest BCUT2D eigenvalue weighted by molar-refractivity contribution is 5.45. The van der Waals surface area contributed by atoms with E-state index < -0.39 is 0 Å². The first kappa shape index (κ1) is 12.4. The van der Waals surface area contributed by atoms with Crippen LogP contribution in [0.5, 0.6) is 5.75 Å². The molecule has 1 atom stereocenters. The van der Waals surface area contributed by atoms with Gasteiger partial charge in [-0.1, -0.05) is 5.16 Å².